The largest absolute Gasteiger partial charge is 0.481 e. The van der Waals surface area contributed by atoms with Crippen LogP contribution in [0.2, 0.25) is 0 Å². The highest BCUT2D eigenvalue weighted by Gasteiger charge is 2.70. The van der Waals surface area contributed by atoms with Gasteiger partial charge in [-0.3, -0.25) is 4.79 Å². The zero-order valence-corrected chi connectivity index (χ0v) is 22.6. The van der Waals surface area contributed by atoms with Gasteiger partial charge < -0.3 is 15.3 Å². The van der Waals surface area contributed by atoms with Crippen molar-refractivity contribution in [1.82, 2.24) is 0 Å². The second kappa shape index (κ2) is 7.12. The first-order valence-electron chi connectivity index (χ1n) is 13.9. The van der Waals surface area contributed by atoms with E-state index in [0.717, 1.165) is 51.4 Å². The lowest BCUT2D eigenvalue weighted by molar-refractivity contribution is -0.231. The maximum Gasteiger partial charge on any atom is 0.310 e. The molecule has 0 aliphatic heterocycles. The Hall–Kier alpha value is -0.870. The molecule has 34 heavy (non-hydrogen) atoms. The SMILES string of the molecule is CC1(C)CC[C@]2(C(=O)O)CC[C@@]3(C)C(=CC[C@H]4[C@@]5(C)C[C@H](O)[C@H](O)C(C)(C)[C@@H]5CC[C@]43C)[C@@H]2C1. The van der Waals surface area contributed by atoms with E-state index in [-0.39, 0.29) is 33.0 Å². The molecule has 0 heterocycles. The van der Waals surface area contributed by atoms with Gasteiger partial charge in [0.15, 0.2) is 0 Å². The normalized spacial score (nSPS) is 53.4. The Bertz CT molecular complexity index is 919. The van der Waals surface area contributed by atoms with Crippen molar-refractivity contribution >= 4 is 5.97 Å². The van der Waals surface area contributed by atoms with E-state index in [1.165, 1.54) is 5.57 Å². The molecule has 4 nitrogen and oxygen atoms in total. The Morgan fingerprint density at radius 2 is 1.53 bits per heavy atom. The molecule has 0 aromatic heterocycles. The van der Waals surface area contributed by atoms with Gasteiger partial charge in [0.25, 0.3) is 0 Å². The molecule has 5 aliphatic rings. The number of aliphatic carboxylic acids is 1. The summed E-state index contributed by atoms with van der Waals surface area (Å²) in [6.07, 6.45) is 9.45. The lowest BCUT2D eigenvalue weighted by atomic mass is 9.33. The van der Waals surface area contributed by atoms with E-state index in [1.54, 1.807) is 0 Å². The summed E-state index contributed by atoms with van der Waals surface area (Å²) in [5.74, 6) is 0.365. The molecule has 0 bridgehead atoms. The van der Waals surface area contributed by atoms with Crippen molar-refractivity contribution in [3.05, 3.63) is 11.6 Å². The first-order valence-corrected chi connectivity index (χ1v) is 13.9. The van der Waals surface area contributed by atoms with Crippen LogP contribution in [0.3, 0.4) is 0 Å². The second-order valence-corrected chi connectivity index (χ2v) is 15.2. The van der Waals surface area contributed by atoms with Gasteiger partial charge in [0.05, 0.1) is 17.6 Å². The molecule has 0 spiro atoms. The third-order valence-electron chi connectivity index (χ3n) is 13.0. The van der Waals surface area contributed by atoms with Crippen LogP contribution in [0.5, 0.6) is 0 Å². The van der Waals surface area contributed by atoms with Crippen LogP contribution >= 0.6 is 0 Å². The minimum atomic E-state index is -0.679. The maximum atomic E-state index is 12.8. The summed E-state index contributed by atoms with van der Waals surface area (Å²) >= 11 is 0. The summed E-state index contributed by atoms with van der Waals surface area (Å²) < 4.78 is 0. The molecule has 0 amide bonds. The molecule has 4 heteroatoms. The summed E-state index contributed by atoms with van der Waals surface area (Å²) in [4.78, 5) is 12.8. The van der Waals surface area contributed by atoms with E-state index in [4.69, 9.17) is 0 Å². The highest BCUT2D eigenvalue weighted by Crippen LogP contribution is 2.75. The number of carboxylic acid groups (broad SMARTS) is 1. The molecule has 3 N–H and O–H groups in total. The molecule has 0 saturated heterocycles. The van der Waals surface area contributed by atoms with Crippen molar-refractivity contribution in [2.24, 2.45) is 50.2 Å². The minimum absolute atomic E-state index is 0.00785. The van der Waals surface area contributed by atoms with E-state index < -0.39 is 23.6 Å². The van der Waals surface area contributed by atoms with Gasteiger partial charge in [-0.15, -0.1) is 0 Å². The molecule has 0 radical (unpaired) electrons. The van der Waals surface area contributed by atoms with Crippen molar-refractivity contribution < 1.29 is 20.1 Å². The zero-order valence-electron chi connectivity index (χ0n) is 22.6. The Balaban J connectivity index is 1.61. The Labute approximate surface area is 206 Å². The van der Waals surface area contributed by atoms with E-state index in [1.807, 2.05) is 0 Å². The molecule has 5 rings (SSSR count). The highest BCUT2D eigenvalue weighted by molar-refractivity contribution is 5.76. The van der Waals surface area contributed by atoms with Crippen LogP contribution < -0.4 is 0 Å². The van der Waals surface area contributed by atoms with Gasteiger partial charge in [0.1, 0.15) is 0 Å². The fourth-order valence-electron chi connectivity index (χ4n) is 10.8. The topological polar surface area (TPSA) is 77.8 Å². The molecule has 192 valence electrons. The van der Waals surface area contributed by atoms with Crippen LogP contribution in [0.25, 0.3) is 0 Å². The Morgan fingerprint density at radius 3 is 2.18 bits per heavy atom. The predicted molar refractivity (Wildman–Crippen MR) is 134 cm³/mol. The lowest BCUT2D eigenvalue weighted by Gasteiger charge is -2.71. The van der Waals surface area contributed by atoms with Crippen LogP contribution in [0.4, 0.5) is 0 Å². The smallest absolute Gasteiger partial charge is 0.310 e. The number of allylic oxidation sites excluding steroid dienone is 2. The van der Waals surface area contributed by atoms with Gasteiger partial charge in [-0.2, -0.15) is 0 Å². The molecular weight excluding hydrogens is 424 g/mol. The third-order valence-corrected chi connectivity index (χ3v) is 13.0. The predicted octanol–water partition coefficient (Wildman–Crippen LogP) is 6.20. The summed E-state index contributed by atoms with van der Waals surface area (Å²) in [7, 11) is 0. The van der Waals surface area contributed by atoms with Crippen LogP contribution in [0.1, 0.15) is 106 Å². The third kappa shape index (κ3) is 2.88. The van der Waals surface area contributed by atoms with Crippen LogP contribution in [0, 0.1) is 50.2 Å². The quantitative estimate of drug-likeness (QED) is 0.397. The Kier molecular flexibility index (Phi) is 5.20. The molecule has 4 saturated carbocycles. The van der Waals surface area contributed by atoms with E-state index >= 15 is 0 Å². The maximum absolute atomic E-state index is 12.8. The number of fused-ring (bicyclic) bond motifs is 7. The van der Waals surface area contributed by atoms with Crippen molar-refractivity contribution in [3.8, 4) is 0 Å². The Morgan fingerprint density at radius 1 is 0.882 bits per heavy atom. The van der Waals surface area contributed by atoms with Gasteiger partial charge in [-0.25, -0.2) is 0 Å². The van der Waals surface area contributed by atoms with Gasteiger partial charge in [0.2, 0.25) is 0 Å². The molecule has 0 unspecified atom stereocenters. The zero-order chi connectivity index (χ0) is 25.1. The molecule has 0 aromatic carbocycles. The van der Waals surface area contributed by atoms with E-state index in [2.05, 4.69) is 54.5 Å². The first kappa shape index (κ1) is 24.8. The molecule has 9 atom stereocenters. The van der Waals surface area contributed by atoms with E-state index in [0.29, 0.717) is 18.3 Å². The van der Waals surface area contributed by atoms with Crippen molar-refractivity contribution in [3.63, 3.8) is 0 Å². The number of aliphatic hydroxyl groups excluding tert-OH is 2. The highest BCUT2D eigenvalue weighted by atomic mass is 16.4. The summed E-state index contributed by atoms with van der Waals surface area (Å²) in [6.45, 7) is 16.3. The van der Waals surface area contributed by atoms with Crippen molar-refractivity contribution in [2.45, 2.75) is 118 Å². The van der Waals surface area contributed by atoms with Gasteiger partial charge >= 0.3 is 5.97 Å². The van der Waals surface area contributed by atoms with Crippen LogP contribution in [0.15, 0.2) is 11.6 Å². The number of carboxylic acids is 1. The monoisotopic (exact) mass is 472 g/mol. The number of aliphatic hydroxyl groups is 2. The number of hydrogen-bond acceptors (Lipinski definition) is 3. The number of rotatable bonds is 1. The van der Waals surface area contributed by atoms with Crippen molar-refractivity contribution in [1.29, 1.82) is 0 Å². The fraction of sp³-hybridized carbons (Fsp3) is 0.900. The molecule has 0 aromatic rings. The van der Waals surface area contributed by atoms with Gasteiger partial charge in [0, 0.05) is 0 Å². The lowest BCUT2D eigenvalue weighted by Crippen LogP contribution is -2.67. The average molecular weight is 473 g/mol. The summed E-state index contributed by atoms with van der Waals surface area (Å²) in [6, 6.07) is 0. The summed E-state index contributed by atoms with van der Waals surface area (Å²) in [5, 5.41) is 32.4. The number of carbonyl (C=O) groups is 1. The van der Waals surface area contributed by atoms with E-state index in [9.17, 15) is 20.1 Å². The first-order chi connectivity index (χ1) is 15.6. The standard InChI is InChI=1S/C30H48O4/c1-25(2)12-14-30(24(33)34)15-13-28(6)18(19(30)16-25)8-9-22-27(5)17-20(31)23(32)26(3,4)21(27)10-11-29(22,28)7/h8,19-23,31-32H,9-17H2,1-7H3,(H,33,34)/t19-,20-,21-,22-,23-,27-,28-,29+,30-/m0/s1. The van der Waals surface area contributed by atoms with Crippen molar-refractivity contribution in [2.75, 3.05) is 0 Å². The minimum Gasteiger partial charge on any atom is -0.481 e. The molecule has 4 fully saturated rings. The number of hydrogen-bond donors (Lipinski definition) is 3. The second-order valence-electron chi connectivity index (χ2n) is 15.2. The van der Waals surface area contributed by atoms with Crippen LogP contribution in [-0.2, 0) is 4.79 Å². The molecule has 5 aliphatic carbocycles. The van der Waals surface area contributed by atoms with Gasteiger partial charge in [-0.1, -0.05) is 60.1 Å². The fourth-order valence-corrected chi connectivity index (χ4v) is 10.8. The summed E-state index contributed by atoms with van der Waals surface area (Å²) in [5.41, 5.74) is 0.754. The van der Waals surface area contributed by atoms with Crippen LogP contribution in [-0.4, -0.2) is 33.5 Å². The molecular formula is C30H48O4. The van der Waals surface area contributed by atoms with Gasteiger partial charge in [-0.05, 0) is 103 Å². The average Bonchev–Trinajstić information content (AvgIpc) is 2.72.